The van der Waals surface area contributed by atoms with Crippen molar-refractivity contribution < 1.29 is 4.79 Å². The van der Waals surface area contributed by atoms with Gasteiger partial charge in [0.15, 0.2) is 0 Å². The molecule has 5 nitrogen and oxygen atoms in total. The Labute approximate surface area is 146 Å². The lowest BCUT2D eigenvalue weighted by molar-refractivity contribution is -0.115. The molecule has 3 rings (SSSR count). The molecule has 128 valence electrons. The molecule has 1 aromatic heterocycles. The second kappa shape index (κ2) is 7.40. The zero-order valence-electron chi connectivity index (χ0n) is 14.3. The fourth-order valence-electron chi connectivity index (χ4n) is 3.18. The molecule has 1 amide bonds. The molecule has 0 saturated carbocycles. The third kappa shape index (κ3) is 4.61. The molecular formula is C18H24N4OS. The highest BCUT2D eigenvalue weighted by Crippen LogP contribution is 2.24. The van der Waals surface area contributed by atoms with E-state index in [0.29, 0.717) is 5.13 Å². The molecule has 0 fully saturated rings. The van der Waals surface area contributed by atoms with E-state index in [2.05, 4.69) is 52.9 Å². The molecule has 0 atom stereocenters. The van der Waals surface area contributed by atoms with E-state index in [1.807, 2.05) is 0 Å². The predicted octanol–water partition coefficient (Wildman–Crippen LogP) is 2.97. The summed E-state index contributed by atoms with van der Waals surface area (Å²) in [7, 11) is 0. The number of rotatable bonds is 6. The number of nitrogens with one attached hydrogen (secondary N) is 2. The van der Waals surface area contributed by atoms with Gasteiger partial charge in [-0.3, -0.25) is 10.1 Å². The molecule has 24 heavy (non-hydrogen) atoms. The van der Waals surface area contributed by atoms with Crippen LogP contribution in [0.15, 0.2) is 23.7 Å². The van der Waals surface area contributed by atoms with Crippen LogP contribution in [0.5, 0.6) is 0 Å². The SMILES string of the molecule is CC(C)(Cc1ccc2c(c1)CCCC2)NCC(=O)Nc1nncs1. The molecule has 1 aliphatic rings. The van der Waals surface area contributed by atoms with Crippen molar-refractivity contribution in [2.45, 2.75) is 51.5 Å². The number of aromatic nitrogens is 2. The molecule has 0 aliphatic heterocycles. The van der Waals surface area contributed by atoms with Gasteiger partial charge in [0, 0.05) is 5.54 Å². The van der Waals surface area contributed by atoms with Gasteiger partial charge in [0.05, 0.1) is 6.54 Å². The minimum Gasteiger partial charge on any atom is -0.303 e. The lowest BCUT2D eigenvalue weighted by Gasteiger charge is -2.27. The van der Waals surface area contributed by atoms with Crippen molar-refractivity contribution in [2.24, 2.45) is 0 Å². The van der Waals surface area contributed by atoms with Crippen LogP contribution in [0.25, 0.3) is 0 Å². The second-order valence-corrected chi connectivity index (χ2v) is 7.85. The summed E-state index contributed by atoms with van der Waals surface area (Å²) in [6.07, 6.45) is 5.91. The summed E-state index contributed by atoms with van der Waals surface area (Å²) in [6.45, 7) is 4.52. The van der Waals surface area contributed by atoms with Crippen molar-refractivity contribution in [1.82, 2.24) is 15.5 Å². The van der Waals surface area contributed by atoms with E-state index in [1.165, 1.54) is 53.7 Å². The molecule has 2 N–H and O–H groups in total. The Balaban J connectivity index is 1.54. The Kier molecular flexibility index (Phi) is 5.26. The average Bonchev–Trinajstić information content (AvgIpc) is 3.05. The molecule has 1 aromatic carbocycles. The molecule has 0 saturated heterocycles. The highest BCUT2D eigenvalue weighted by Gasteiger charge is 2.20. The van der Waals surface area contributed by atoms with E-state index >= 15 is 0 Å². The molecule has 0 unspecified atom stereocenters. The maximum atomic E-state index is 12.0. The van der Waals surface area contributed by atoms with Crippen LogP contribution in [0.2, 0.25) is 0 Å². The molecular weight excluding hydrogens is 320 g/mol. The fourth-order valence-corrected chi connectivity index (χ4v) is 3.64. The summed E-state index contributed by atoms with van der Waals surface area (Å²) >= 11 is 1.32. The molecule has 6 heteroatoms. The monoisotopic (exact) mass is 344 g/mol. The quantitative estimate of drug-likeness (QED) is 0.845. The first-order chi connectivity index (χ1) is 11.5. The highest BCUT2D eigenvalue weighted by atomic mass is 32.1. The largest absolute Gasteiger partial charge is 0.303 e. The van der Waals surface area contributed by atoms with Crippen LogP contribution in [-0.4, -0.2) is 28.2 Å². The van der Waals surface area contributed by atoms with Gasteiger partial charge in [-0.15, -0.1) is 10.2 Å². The lowest BCUT2D eigenvalue weighted by atomic mass is 9.87. The summed E-state index contributed by atoms with van der Waals surface area (Å²) < 4.78 is 0. The minimum absolute atomic E-state index is 0.0923. The Hall–Kier alpha value is -1.79. The van der Waals surface area contributed by atoms with Gasteiger partial charge in [-0.1, -0.05) is 29.5 Å². The van der Waals surface area contributed by atoms with Crippen molar-refractivity contribution in [2.75, 3.05) is 11.9 Å². The van der Waals surface area contributed by atoms with E-state index in [1.54, 1.807) is 5.51 Å². The van der Waals surface area contributed by atoms with Gasteiger partial charge < -0.3 is 5.32 Å². The third-order valence-electron chi connectivity index (χ3n) is 4.39. The van der Waals surface area contributed by atoms with Gasteiger partial charge in [-0.05, 0) is 62.6 Å². The summed E-state index contributed by atoms with van der Waals surface area (Å²) in [5.74, 6) is -0.0923. The third-order valence-corrected chi connectivity index (χ3v) is 5.00. The zero-order valence-corrected chi connectivity index (χ0v) is 15.1. The lowest BCUT2D eigenvalue weighted by Crippen LogP contribution is -2.45. The number of nitrogens with zero attached hydrogens (tertiary/aromatic N) is 2. The van der Waals surface area contributed by atoms with Crippen molar-refractivity contribution >= 4 is 22.4 Å². The molecule has 2 aromatic rings. The smallest absolute Gasteiger partial charge is 0.240 e. The number of carbonyl (C=O) groups excluding carboxylic acids is 1. The van der Waals surface area contributed by atoms with E-state index in [-0.39, 0.29) is 18.0 Å². The molecule has 0 bridgehead atoms. The van der Waals surface area contributed by atoms with Crippen molar-refractivity contribution in [3.05, 3.63) is 40.4 Å². The zero-order chi connectivity index (χ0) is 17.0. The summed E-state index contributed by atoms with van der Waals surface area (Å²) in [5.41, 5.74) is 5.79. The van der Waals surface area contributed by atoms with Gasteiger partial charge in [0.2, 0.25) is 11.0 Å². The first-order valence-electron chi connectivity index (χ1n) is 8.44. The number of aryl methyl sites for hydroxylation is 2. The average molecular weight is 344 g/mol. The Morgan fingerprint density at radius 1 is 1.25 bits per heavy atom. The highest BCUT2D eigenvalue weighted by molar-refractivity contribution is 7.13. The Morgan fingerprint density at radius 3 is 2.79 bits per heavy atom. The van der Waals surface area contributed by atoms with Gasteiger partial charge >= 0.3 is 0 Å². The topological polar surface area (TPSA) is 66.9 Å². The number of benzene rings is 1. The van der Waals surface area contributed by atoms with Crippen molar-refractivity contribution in [3.63, 3.8) is 0 Å². The summed E-state index contributed by atoms with van der Waals surface area (Å²) in [4.78, 5) is 12.0. The van der Waals surface area contributed by atoms with E-state index in [0.717, 1.165) is 6.42 Å². The van der Waals surface area contributed by atoms with E-state index < -0.39 is 0 Å². The van der Waals surface area contributed by atoms with Gasteiger partial charge in [-0.2, -0.15) is 0 Å². The Bertz CT molecular complexity index is 697. The van der Waals surface area contributed by atoms with Gasteiger partial charge in [0.25, 0.3) is 0 Å². The second-order valence-electron chi connectivity index (χ2n) is 7.02. The normalized spacial score (nSPS) is 14.2. The van der Waals surface area contributed by atoms with Crippen LogP contribution in [0.4, 0.5) is 5.13 Å². The van der Waals surface area contributed by atoms with Crippen LogP contribution < -0.4 is 10.6 Å². The first-order valence-corrected chi connectivity index (χ1v) is 9.31. The maximum absolute atomic E-state index is 12.0. The van der Waals surface area contributed by atoms with E-state index in [9.17, 15) is 4.79 Å². The number of anilines is 1. The molecule has 0 spiro atoms. The van der Waals surface area contributed by atoms with Crippen molar-refractivity contribution in [1.29, 1.82) is 0 Å². The first kappa shape index (κ1) is 17.0. The van der Waals surface area contributed by atoms with Gasteiger partial charge in [-0.25, -0.2) is 0 Å². The minimum atomic E-state index is -0.151. The number of hydrogen-bond donors (Lipinski definition) is 2. The molecule has 1 aliphatic carbocycles. The summed E-state index contributed by atoms with van der Waals surface area (Å²) in [6, 6.07) is 6.86. The molecule has 0 radical (unpaired) electrons. The molecule has 1 heterocycles. The number of carbonyl (C=O) groups is 1. The summed E-state index contributed by atoms with van der Waals surface area (Å²) in [5, 5.41) is 14.1. The number of hydrogen-bond acceptors (Lipinski definition) is 5. The van der Waals surface area contributed by atoms with E-state index in [4.69, 9.17) is 0 Å². The predicted molar refractivity (Wildman–Crippen MR) is 97.4 cm³/mol. The van der Waals surface area contributed by atoms with Crippen LogP contribution in [0, 0.1) is 0 Å². The van der Waals surface area contributed by atoms with Crippen molar-refractivity contribution in [3.8, 4) is 0 Å². The van der Waals surface area contributed by atoms with Gasteiger partial charge in [0.1, 0.15) is 5.51 Å². The van der Waals surface area contributed by atoms with Crippen LogP contribution >= 0.6 is 11.3 Å². The fraction of sp³-hybridized carbons (Fsp3) is 0.500. The maximum Gasteiger partial charge on any atom is 0.240 e. The van der Waals surface area contributed by atoms with Crippen LogP contribution in [0.1, 0.15) is 43.4 Å². The number of amides is 1. The number of fused-ring (bicyclic) bond motifs is 1. The van der Waals surface area contributed by atoms with Crippen LogP contribution in [0.3, 0.4) is 0 Å². The van der Waals surface area contributed by atoms with Crippen LogP contribution in [-0.2, 0) is 24.1 Å². The Morgan fingerprint density at radius 2 is 2.04 bits per heavy atom. The standard InChI is InChI=1S/C18H24N4OS/c1-18(2,19-11-16(23)21-17-22-20-12-24-17)10-13-7-8-14-5-3-4-6-15(14)9-13/h7-9,12,19H,3-6,10-11H2,1-2H3,(H,21,22,23).